The van der Waals surface area contributed by atoms with Crippen LogP contribution in [0.25, 0.3) is 0 Å². The summed E-state index contributed by atoms with van der Waals surface area (Å²) in [6, 6.07) is 10.1. The third-order valence-electron chi connectivity index (χ3n) is 3.44. The molecule has 0 radical (unpaired) electrons. The van der Waals surface area contributed by atoms with Crippen molar-refractivity contribution in [3.05, 3.63) is 53.2 Å². The number of nitrogens with zero attached hydrogens (tertiary/aromatic N) is 1. The average Bonchev–Trinajstić information content (AvgIpc) is 2.47. The van der Waals surface area contributed by atoms with Crippen LogP contribution < -0.4 is 15.8 Å². The molecule has 4 heteroatoms. The van der Waals surface area contributed by atoms with Crippen LogP contribution in [0.4, 0.5) is 5.82 Å². The van der Waals surface area contributed by atoms with Crippen LogP contribution in [-0.2, 0) is 0 Å². The molecule has 0 fully saturated rings. The number of ether oxygens (including phenoxy) is 1. The van der Waals surface area contributed by atoms with Gasteiger partial charge in [0.25, 0.3) is 0 Å². The number of benzene rings is 1. The third kappa shape index (κ3) is 3.52. The first-order valence-corrected chi connectivity index (χ1v) is 7.34. The number of nitrogen functional groups attached to an aromatic ring is 1. The average molecular weight is 285 g/mol. The monoisotopic (exact) mass is 285 g/mol. The summed E-state index contributed by atoms with van der Waals surface area (Å²) in [5.74, 6) is 1.45. The van der Waals surface area contributed by atoms with Crippen molar-refractivity contribution in [1.29, 1.82) is 0 Å². The molecule has 0 amide bonds. The molecule has 112 valence electrons. The Morgan fingerprint density at radius 3 is 2.76 bits per heavy atom. The van der Waals surface area contributed by atoms with Crippen molar-refractivity contribution in [1.82, 2.24) is 10.3 Å². The number of hydrogen-bond acceptors (Lipinski definition) is 4. The number of hydrogen-bond donors (Lipinski definition) is 2. The zero-order valence-electron chi connectivity index (χ0n) is 12.9. The normalized spacial score (nSPS) is 12.1. The molecule has 0 bridgehead atoms. The minimum Gasteiger partial charge on any atom is -0.494 e. The van der Waals surface area contributed by atoms with E-state index in [2.05, 4.69) is 36.3 Å². The highest BCUT2D eigenvalue weighted by Gasteiger charge is 2.19. The summed E-state index contributed by atoms with van der Waals surface area (Å²) in [6.45, 7) is 7.63. The number of pyridine rings is 1. The fraction of sp³-hybridized carbons (Fsp3) is 0.353. The molecule has 1 atom stereocenters. The van der Waals surface area contributed by atoms with E-state index in [4.69, 9.17) is 10.5 Å². The lowest BCUT2D eigenvalue weighted by Gasteiger charge is -2.22. The maximum Gasteiger partial charge on any atom is 0.128 e. The fourth-order valence-electron chi connectivity index (χ4n) is 2.51. The van der Waals surface area contributed by atoms with Gasteiger partial charge in [-0.15, -0.1) is 0 Å². The summed E-state index contributed by atoms with van der Waals surface area (Å²) in [5.41, 5.74) is 9.40. The van der Waals surface area contributed by atoms with Crippen LogP contribution >= 0.6 is 0 Å². The van der Waals surface area contributed by atoms with Gasteiger partial charge in [0.05, 0.1) is 12.6 Å². The van der Waals surface area contributed by atoms with Gasteiger partial charge in [-0.25, -0.2) is 4.98 Å². The molecule has 4 nitrogen and oxygen atoms in total. The van der Waals surface area contributed by atoms with Crippen molar-refractivity contribution < 1.29 is 4.74 Å². The van der Waals surface area contributed by atoms with Crippen LogP contribution in [0.5, 0.6) is 5.75 Å². The molecule has 1 aromatic heterocycles. The minimum atomic E-state index is 0.0177. The SMILES string of the molecule is CCNC(c1cccc(OCC)c1)c1c(C)ccnc1N. The lowest BCUT2D eigenvalue weighted by atomic mass is 9.95. The molecule has 3 N–H and O–H groups in total. The van der Waals surface area contributed by atoms with Crippen LogP contribution in [0, 0.1) is 6.92 Å². The molecule has 2 rings (SSSR count). The largest absolute Gasteiger partial charge is 0.494 e. The Labute approximate surface area is 126 Å². The Bertz CT molecular complexity index is 578. The third-order valence-corrected chi connectivity index (χ3v) is 3.44. The Kier molecular flexibility index (Phi) is 5.17. The van der Waals surface area contributed by atoms with E-state index >= 15 is 0 Å². The molecule has 1 aromatic carbocycles. The number of aryl methyl sites for hydroxylation is 1. The van der Waals surface area contributed by atoms with Gasteiger partial charge in [0, 0.05) is 11.8 Å². The zero-order chi connectivity index (χ0) is 15.2. The molecule has 0 saturated heterocycles. The molecular formula is C17H23N3O. The second-order valence-electron chi connectivity index (χ2n) is 4.92. The molecule has 0 aliphatic heterocycles. The van der Waals surface area contributed by atoms with E-state index in [1.54, 1.807) is 6.20 Å². The van der Waals surface area contributed by atoms with Crippen LogP contribution in [0.3, 0.4) is 0 Å². The van der Waals surface area contributed by atoms with Crippen molar-refractivity contribution in [2.24, 2.45) is 0 Å². The van der Waals surface area contributed by atoms with Gasteiger partial charge in [-0.1, -0.05) is 19.1 Å². The molecule has 21 heavy (non-hydrogen) atoms. The first-order chi connectivity index (χ1) is 10.2. The van der Waals surface area contributed by atoms with Crippen molar-refractivity contribution in [2.45, 2.75) is 26.8 Å². The molecular weight excluding hydrogens is 262 g/mol. The number of rotatable bonds is 6. The smallest absolute Gasteiger partial charge is 0.128 e. The molecule has 1 unspecified atom stereocenters. The predicted molar refractivity (Wildman–Crippen MR) is 86.5 cm³/mol. The quantitative estimate of drug-likeness (QED) is 0.856. The van der Waals surface area contributed by atoms with Crippen LogP contribution in [0.15, 0.2) is 36.5 Å². The van der Waals surface area contributed by atoms with Crippen LogP contribution in [0.2, 0.25) is 0 Å². The van der Waals surface area contributed by atoms with E-state index in [0.717, 1.165) is 29.0 Å². The van der Waals surface area contributed by atoms with Gasteiger partial charge in [0.2, 0.25) is 0 Å². The van der Waals surface area contributed by atoms with Crippen LogP contribution in [-0.4, -0.2) is 18.1 Å². The van der Waals surface area contributed by atoms with Gasteiger partial charge in [-0.05, 0) is 49.7 Å². The van der Waals surface area contributed by atoms with Gasteiger partial charge < -0.3 is 15.8 Å². The zero-order valence-corrected chi connectivity index (χ0v) is 12.9. The molecule has 0 saturated carbocycles. The lowest BCUT2D eigenvalue weighted by molar-refractivity contribution is 0.339. The van der Waals surface area contributed by atoms with E-state index in [-0.39, 0.29) is 6.04 Å². The standard InChI is InChI=1S/C17H23N3O/c1-4-19-16(15-12(3)9-10-20-17(15)18)13-7-6-8-14(11-13)21-5-2/h6-11,16,19H,4-5H2,1-3H3,(H2,18,20). The van der Waals surface area contributed by atoms with Crippen molar-refractivity contribution >= 4 is 5.82 Å². The molecule has 0 aliphatic rings. The van der Waals surface area contributed by atoms with Crippen molar-refractivity contribution in [3.63, 3.8) is 0 Å². The highest BCUT2D eigenvalue weighted by atomic mass is 16.5. The van der Waals surface area contributed by atoms with E-state index in [9.17, 15) is 0 Å². The van der Waals surface area contributed by atoms with Gasteiger partial charge in [0.1, 0.15) is 11.6 Å². The molecule has 1 heterocycles. The van der Waals surface area contributed by atoms with E-state index in [1.165, 1.54) is 0 Å². The van der Waals surface area contributed by atoms with Crippen molar-refractivity contribution in [3.8, 4) is 5.75 Å². The summed E-state index contributed by atoms with van der Waals surface area (Å²) in [4.78, 5) is 4.23. The summed E-state index contributed by atoms with van der Waals surface area (Å²) >= 11 is 0. The van der Waals surface area contributed by atoms with Gasteiger partial charge in [-0.2, -0.15) is 0 Å². The fourth-order valence-corrected chi connectivity index (χ4v) is 2.51. The molecule has 0 spiro atoms. The van der Waals surface area contributed by atoms with Gasteiger partial charge >= 0.3 is 0 Å². The summed E-state index contributed by atoms with van der Waals surface area (Å²) < 4.78 is 5.60. The number of nitrogens with one attached hydrogen (secondary N) is 1. The Hall–Kier alpha value is -2.07. The minimum absolute atomic E-state index is 0.0177. The van der Waals surface area contributed by atoms with E-state index < -0.39 is 0 Å². The summed E-state index contributed by atoms with van der Waals surface area (Å²) in [5, 5.41) is 3.49. The maximum absolute atomic E-state index is 6.10. The highest BCUT2D eigenvalue weighted by molar-refractivity contribution is 5.50. The van der Waals surface area contributed by atoms with Gasteiger partial charge in [0.15, 0.2) is 0 Å². The highest BCUT2D eigenvalue weighted by Crippen LogP contribution is 2.30. The van der Waals surface area contributed by atoms with Crippen LogP contribution in [0.1, 0.15) is 36.6 Å². The van der Waals surface area contributed by atoms with E-state index in [1.807, 2.05) is 25.1 Å². The molecule has 2 aromatic rings. The first kappa shape index (κ1) is 15.3. The predicted octanol–water partition coefficient (Wildman–Crippen LogP) is 3.07. The second-order valence-corrected chi connectivity index (χ2v) is 4.92. The maximum atomic E-state index is 6.10. The second kappa shape index (κ2) is 7.09. The Morgan fingerprint density at radius 2 is 2.10 bits per heavy atom. The number of nitrogens with two attached hydrogens (primary N) is 1. The topological polar surface area (TPSA) is 60.2 Å². The molecule has 0 aliphatic carbocycles. The van der Waals surface area contributed by atoms with Crippen molar-refractivity contribution in [2.75, 3.05) is 18.9 Å². The number of anilines is 1. The number of aromatic nitrogens is 1. The first-order valence-electron chi connectivity index (χ1n) is 7.34. The summed E-state index contributed by atoms with van der Waals surface area (Å²) in [7, 11) is 0. The Morgan fingerprint density at radius 1 is 1.29 bits per heavy atom. The van der Waals surface area contributed by atoms with E-state index in [0.29, 0.717) is 12.4 Å². The lowest BCUT2D eigenvalue weighted by Crippen LogP contribution is -2.24. The van der Waals surface area contributed by atoms with Gasteiger partial charge in [-0.3, -0.25) is 0 Å². The Balaban J connectivity index is 2.46. The summed E-state index contributed by atoms with van der Waals surface area (Å²) in [6.07, 6.45) is 1.74.